The molecule has 0 aliphatic carbocycles. The summed E-state index contributed by atoms with van der Waals surface area (Å²) in [7, 11) is 0. The fraction of sp³-hybridized carbons (Fsp3) is 0.500. The van der Waals surface area contributed by atoms with Gasteiger partial charge in [0, 0.05) is 12.1 Å². The number of amides is 2. The molecule has 19 heavy (non-hydrogen) atoms. The highest BCUT2D eigenvalue weighted by molar-refractivity contribution is 5.89. The Morgan fingerprint density at radius 1 is 1.32 bits per heavy atom. The van der Waals surface area contributed by atoms with Crippen LogP contribution in [0.25, 0.3) is 0 Å². The Bertz CT molecular complexity index is 442. The van der Waals surface area contributed by atoms with Gasteiger partial charge in [0.15, 0.2) is 0 Å². The summed E-state index contributed by atoms with van der Waals surface area (Å²) in [6.45, 7) is 5.67. The maximum Gasteiger partial charge on any atom is 0.322 e. The summed E-state index contributed by atoms with van der Waals surface area (Å²) in [4.78, 5) is 31.8. The lowest BCUT2D eigenvalue weighted by Crippen LogP contribution is -2.48. The molecular formula is C12H18N4O3. The number of aromatic nitrogens is 2. The predicted molar refractivity (Wildman–Crippen MR) is 69.8 cm³/mol. The van der Waals surface area contributed by atoms with E-state index < -0.39 is 11.5 Å². The van der Waals surface area contributed by atoms with E-state index in [1.165, 1.54) is 23.6 Å². The number of nitrogens with zero attached hydrogens (tertiary/aromatic N) is 3. The molecule has 0 bridgehead atoms. The van der Waals surface area contributed by atoms with Crippen LogP contribution in [0.5, 0.6) is 0 Å². The smallest absolute Gasteiger partial charge is 0.322 e. The highest BCUT2D eigenvalue weighted by Crippen LogP contribution is 2.16. The van der Waals surface area contributed by atoms with Gasteiger partial charge in [-0.25, -0.2) is 14.8 Å². The third kappa shape index (κ3) is 4.90. The molecule has 1 aromatic rings. The van der Waals surface area contributed by atoms with Gasteiger partial charge in [-0.3, -0.25) is 4.79 Å². The van der Waals surface area contributed by atoms with E-state index in [-0.39, 0.29) is 19.0 Å². The average Bonchev–Trinajstić information content (AvgIpc) is 2.28. The van der Waals surface area contributed by atoms with Crippen molar-refractivity contribution in [3.63, 3.8) is 0 Å². The Morgan fingerprint density at radius 2 is 1.89 bits per heavy atom. The quantitative estimate of drug-likeness (QED) is 0.862. The number of carbonyl (C=O) groups is 2. The largest absolute Gasteiger partial charge is 0.481 e. The van der Waals surface area contributed by atoms with Gasteiger partial charge in [-0.2, -0.15) is 0 Å². The molecule has 2 N–H and O–H groups in total. The van der Waals surface area contributed by atoms with Crippen molar-refractivity contribution in [2.24, 2.45) is 0 Å². The molecule has 1 aromatic heterocycles. The molecule has 0 fully saturated rings. The monoisotopic (exact) mass is 266 g/mol. The normalized spacial score (nSPS) is 10.9. The van der Waals surface area contributed by atoms with Gasteiger partial charge in [0.2, 0.25) is 0 Å². The summed E-state index contributed by atoms with van der Waals surface area (Å²) < 4.78 is 0. The molecule has 1 rings (SSSR count). The Hall–Kier alpha value is -2.18. The molecular weight excluding hydrogens is 248 g/mol. The van der Waals surface area contributed by atoms with Gasteiger partial charge in [0.25, 0.3) is 0 Å². The fourth-order valence-electron chi connectivity index (χ4n) is 1.50. The number of nitrogens with one attached hydrogen (secondary N) is 1. The minimum absolute atomic E-state index is 0.101. The van der Waals surface area contributed by atoms with E-state index in [0.29, 0.717) is 5.69 Å². The summed E-state index contributed by atoms with van der Waals surface area (Å²) in [5.41, 5.74) is -0.00750. The Morgan fingerprint density at radius 3 is 2.37 bits per heavy atom. The first-order valence-corrected chi connectivity index (χ1v) is 5.86. The molecule has 0 aromatic carbocycles. The lowest BCUT2D eigenvalue weighted by atomic mass is 10.1. The zero-order chi connectivity index (χ0) is 14.5. The summed E-state index contributed by atoms with van der Waals surface area (Å²) >= 11 is 0. The van der Waals surface area contributed by atoms with E-state index in [9.17, 15) is 9.59 Å². The second kappa shape index (κ2) is 6.12. The summed E-state index contributed by atoms with van der Waals surface area (Å²) in [5, 5.41) is 11.4. The van der Waals surface area contributed by atoms with E-state index in [1.807, 2.05) is 20.8 Å². The highest BCUT2D eigenvalue weighted by atomic mass is 16.4. The van der Waals surface area contributed by atoms with Gasteiger partial charge in [0.1, 0.15) is 6.33 Å². The molecule has 0 saturated heterocycles. The first-order valence-electron chi connectivity index (χ1n) is 5.86. The van der Waals surface area contributed by atoms with Crippen molar-refractivity contribution in [2.75, 3.05) is 11.9 Å². The summed E-state index contributed by atoms with van der Waals surface area (Å²) in [6, 6.07) is -0.372. The number of rotatable bonds is 4. The summed E-state index contributed by atoms with van der Waals surface area (Å²) in [5.74, 6) is -0.940. The second-order valence-electron chi connectivity index (χ2n) is 5.02. The molecule has 0 saturated carbocycles. The van der Waals surface area contributed by atoms with Crippen LogP contribution in [-0.2, 0) is 4.79 Å². The van der Waals surface area contributed by atoms with Crippen molar-refractivity contribution in [3.8, 4) is 0 Å². The topological polar surface area (TPSA) is 95.4 Å². The average molecular weight is 266 g/mol. The maximum absolute atomic E-state index is 12.1. The standard InChI is InChI=1S/C12H18N4O3/c1-12(2,3)16(5-4-10(17)18)11(19)15-9-6-13-8-14-7-9/h6-8H,4-5H2,1-3H3,(H,15,19)(H,17,18). The molecule has 7 nitrogen and oxygen atoms in total. The molecule has 0 spiro atoms. The molecule has 0 unspecified atom stereocenters. The van der Waals surface area contributed by atoms with Crippen LogP contribution in [0.1, 0.15) is 27.2 Å². The summed E-state index contributed by atoms with van der Waals surface area (Å²) in [6.07, 6.45) is 4.21. The number of hydrogen-bond donors (Lipinski definition) is 2. The third-order valence-corrected chi connectivity index (χ3v) is 2.42. The van der Waals surface area contributed by atoms with Crippen molar-refractivity contribution in [1.82, 2.24) is 14.9 Å². The molecule has 0 radical (unpaired) electrons. The van der Waals surface area contributed by atoms with Crippen LogP contribution in [0.3, 0.4) is 0 Å². The molecule has 0 aliphatic heterocycles. The predicted octanol–water partition coefficient (Wildman–Crippen LogP) is 1.58. The van der Waals surface area contributed by atoms with Crippen LogP contribution in [0.15, 0.2) is 18.7 Å². The maximum atomic E-state index is 12.1. The van der Waals surface area contributed by atoms with E-state index in [1.54, 1.807) is 0 Å². The molecule has 104 valence electrons. The number of hydrogen-bond acceptors (Lipinski definition) is 4. The molecule has 0 aliphatic rings. The van der Waals surface area contributed by atoms with Crippen molar-refractivity contribution < 1.29 is 14.7 Å². The first-order chi connectivity index (χ1) is 8.80. The van der Waals surface area contributed by atoms with E-state index in [4.69, 9.17) is 5.11 Å². The van der Waals surface area contributed by atoms with Crippen LogP contribution in [0, 0.1) is 0 Å². The van der Waals surface area contributed by atoms with Gasteiger partial charge in [0.05, 0.1) is 24.5 Å². The number of carbonyl (C=O) groups excluding carboxylic acids is 1. The zero-order valence-corrected chi connectivity index (χ0v) is 11.3. The van der Waals surface area contributed by atoms with Crippen molar-refractivity contribution in [3.05, 3.63) is 18.7 Å². The SMILES string of the molecule is CC(C)(C)N(CCC(=O)O)C(=O)Nc1cncnc1. The lowest BCUT2D eigenvalue weighted by molar-refractivity contribution is -0.137. The van der Waals surface area contributed by atoms with Crippen LogP contribution >= 0.6 is 0 Å². The zero-order valence-electron chi connectivity index (χ0n) is 11.3. The molecule has 2 amide bonds. The number of urea groups is 1. The number of carboxylic acids is 1. The molecule has 7 heteroatoms. The van der Waals surface area contributed by atoms with Crippen LogP contribution < -0.4 is 5.32 Å². The number of anilines is 1. The van der Waals surface area contributed by atoms with Crippen LogP contribution in [0.4, 0.5) is 10.5 Å². The number of aliphatic carboxylic acids is 1. The minimum Gasteiger partial charge on any atom is -0.481 e. The Kier molecular flexibility index (Phi) is 4.80. The fourth-order valence-corrected chi connectivity index (χ4v) is 1.50. The molecule has 0 atom stereocenters. The van der Waals surface area contributed by atoms with Gasteiger partial charge >= 0.3 is 12.0 Å². The van der Waals surface area contributed by atoms with Crippen molar-refractivity contribution >= 4 is 17.7 Å². The van der Waals surface area contributed by atoms with E-state index in [2.05, 4.69) is 15.3 Å². The highest BCUT2D eigenvalue weighted by Gasteiger charge is 2.26. The van der Waals surface area contributed by atoms with Gasteiger partial charge in [-0.15, -0.1) is 0 Å². The number of carboxylic acid groups (broad SMARTS) is 1. The third-order valence-electron chi connectivity index (χ3n) is 2.42. The molecule has 1 heterocycles. The van der Waals surface area contributed by atoms with Gasteiger partial charge in [-0.05, 0) is 20.8 Å². The van der Waals surface area contributed by atoms with Crippen molar-refractivity contribution in [1.29, 1.82) is 0 Å². The van der Waals surface area contributed by atoms with E-state index >= 15 is 0 Å². The van der Waals surface area contributed by atoms with Gasteiger partial charge in [-0.1, -0.05) is 0 Å². The van der Waals surface area contributed by atoms with Crippen LogP contribution in [-0.4, -0.2) is 44.1 Å². The van der Waals surface area contributed by atoms with E-state index in [0.717, 1.165) is 0 Å². The second-order valence-corrected chi connectivity index (χ2v) is 5.02. The van der Waals surface area contributed by atoms with Crippen LogP contribution in [0.2, 0.25) is 0 Å². The lowest BCUT2D eigenvalue weighted by Gasteiger charge is -2.35. The minimum atomic E-state index is -0.940. The first kappa shape index (κ1) is 14.9. The Labute approximate surface area is 111 Å². The van der Waals surface area contributed by atoms with Crippen molar-refractivity contribution in [2.45, 2.75) is 32.7 Å². The van der Waals surface area contributed by atoms with Gasteiger partial charge < -0.3 is 15.3 Å². The Balaban J connectivity index is 2.74.